The van der Waals surface area contributed by atoms with Gasteiger partial charge < -0.3 is 0 Å². The van der Waals surface area contributed by atoms with E-state index in [2.05, 4.69) is 13.5 Å². The van der Waals surface area contributed by atoms with Gasteiger partial charge in [-0.2, -0.15) is 0 Å². The van der Waals surface area contributed by atoms with Crippen LogP contribution in [-0.4, -0.2) is 5.78 Å². The molecule has 0 N–H and O–H groups in total. The van der Waals surface area contributed by atoms with Crippen molar-refractivity contribution >= 4 is 5.78 Å². The minimum Gasteiger partial charge on any atom is -0.299 e. The fourth-order valence-electron chi connectivity index (χ4n) is 2.80. The lowest BCUT2D eigenvalue weighted by molar-refractivity contribution is -0.131. The summed E-state index contributed by atoms with van der Waals surface area (Å²) in [4.78, 5) is 12.0. The lowest BCUT2D eigenvalue weighted by atomic mass is 9.71. The van der Waals surface area contributed by atoms with Gasteiger partial charge in [-0.05, 0) is 38.5 Å². The van der Waals surface area contributed by atoms with Gasteiger partial charge in [-0.25, -0.2) is 0 Å². The molecule has 0 bridgehead atoms. The molecule has 0 amide bonds. The first kappa shape index (κ1) is 8.98. The lowest BCUT2D eigenvalue weighted by Gasteiger charge is -2.31. The molecule has 0 spiro atoms. The Bertz CT molecular complexity index is 266. The monoisotopic (exact) mass is 178 g/mol. The molecule has 0 aliphatic heterocycles. The summed E-state index contributed by atoms with van der Waals surface area (Å²) in [7, 11) is 0. The molecular weight excluding hydrogens is 160 g/mol. The first-order valence-electron chi connectivity index (χ1n) is 5.22. The van der Waals surface area contributed by atoms with Crippen molar-refractivity contribution in [1.82, 2.24) is 0 Å². The van der Waals surface area contributed by atoms with Gasteiger partial charge in [0, 0.05) is 11.3 Å². The zero-order valence-corrected chi connectivity index (χ0v) is 8.60. The second kappa shape index (κ2) is 2.70. The third-order valence-corrected chi connectivity index (χ3v) is 3.61. The summed E-state index contributed by atoms with van der Waals surface area (Å²) < 4.78 is 0. The molecule has 72 valence electrons. The van der Waals surface area contributed by atoms with Gasteiger partial charge in [0.15, 0.2) is 0 Å². The number of hydrogen-bond donors (Lipinski definition) is 0. The number of carbonyl (C=O) groups is 1. The summed E-state index contributed by atoms with van der Waals surface area (Å²) in [5.41, 5.74) is 1.08. The third-order valence-electron chi connectivity index (χ3n) is 3.61. The van der Waals surface area contributed by atoms with Gasteiger partial charge in [0.05, 0.1) is 0 Å². The molecule has 0 radical (unpaired) electrons. The van der Waals surface area contributed by atoms with Gasteiger partial charge in [0.25, 0.3) is 0 Å². The van der Waals surface area contributed by atoms with Gasteiger partial charge in [0.2, 0.25) is 0 Å². The van der Waals surface area contributed by atoms with Crippen LogP contribution in [0.25, 0.3) is 0 Å². The Balaban J connectivity index is 2.11. The van der Waals surface area contributed by atoms with Crippen molar-refractivity contribution in [1.29, 1.82) is 0 Å². The number of carbonyl (C=O) groups excluding carboxylic acids is 1. The van der Waals surface area contributed by atoms with E-state index >= 15 is 0 Å². The van der Waals surface area contributed by atoms with Crippen LogP contribution >= 0.6 is 0 Å². The predicted molar refractivity (Wildman–Crippen MR) is 53.4 cm³/mol. The zero-order chi connectivity index (χ0) is 9.64. The number of ketones is 1. The van der Waals surface area contributed by atoms with Crippen molar-refractivity contribution in [2.75, 3.05) is 0 Å². The van der Waals surface area contributed by atoms with Gasteiger partial charge in [0.1, 0.15) is 5.78 Å². The van der Waals surface area contributed by atoms with E-state index in [1.54, 1.807) is 0 Å². The van der Waals surface area contributed by atoms with E-state index < -0.39 is 0 Å². The fraction of sp³-hybridized carbons (Fsp3) is 0.750. The highest BCUT2D eigenvalue weighted by Gasteiger charge is 2.53. The maximum Gasteiger partial charge on any atom is 0.142 e. The quantitative estimate of drug-likeness (QED) is 0.594. The van der Waals surface area contributed by atoms with Crippen LogP contribution in [0.1, 0.15) is 39.5 Å². The van der Waals surface area contributed by atoms with E-state index in [1.165, 1.54) is 12.8 Å². The highest BCUT2D eigenvalue weighted by Crippen LogP contribution is 2.54. The molecule has 2 aliphatic rings. The molecule has 0 unspecified atom stereocenters. The number of hydrogen-bond acceptors (Lipinski definition) is 1. The van der Waals surface area contributed by atoms with Crippen LogP contribution in [0.4, 0.5) is 0 Å². The lowest BCUT2D eigenvalue weighted by Crippen LogP contribution is -2.33. The second-order valence-electron chi connectivity index (χ2n) is 5.20. The van der Waals surface area contributed by atoms with Gasteiger partial charge >= 0.3 is 0 Å². The minimum absolute atomic E-state index is 0.0660. The zero-order valence-electron chi connectivity index (χ0n) is 8.60. The summed E-state index contributed by atoms with van der Waals surface area (Å²) >= 11 is 0. The summed E-state index contributed by atoms with van der Waals surface area (Å²) in [5.74, 6) is 1.70. The minimum atomic E-state index is -0.0660. The average molecular weight is 178 g/mol. The number of fused-ring (bicyclic) bond motifs is 1. The van der Waals surface area contributed by atoms with Crippen molar-refractivity contribution in [2.24, 2.45) is 17.3 Å². The molecule has 0 saturated heterocycles. The van der Waals surface area contributed by atoms with Gasteiger partial charge in [-0.3, -0.25) is 4.79 Å². The first-order valence-corrected chi connectivity index (χ1v) is 5.22. The highest BCUT2D eigenvalue weighted by molar-refractivity contribution is 5.90. The molecule has 2 saturated carbocycles. The topological polar surface area (TPSA) is 17.1 Å². The Morgan fingerprint density at radius 1 is 1.69 bits per heavy atom. The number of allylic oxidation sites excluding steroid dienone is 1. The van der Waals surface area contributed by atoms with Gasteiger partial charge in [-0.1, -0.05) is 12.5 Å². The molecule has 1 nitrogen and oxygen atoms in total. The van der Waals surface area contributed by atoms with Crippen LogP contribution in [-0.2, 0) is 4.79 Å². The summed E-state index contributed by atoms with van der Waals surface area (Å²) in [6, 6.07) is 0. The predicted octanol–water partition coefficient (Wildman–Crippen LogP) is 2.96. The van der Waals surface area contributed by atoms with Crippen LogP contribution < -0.4 is 0 Å². The van der Waals surface area contributed by atoms with Crippen molar-refractivity contribution in [3.63, 3.8) is 0 Å². The van der Waals surface area contributed by atoms with E-state index in [-0.39, 0.29) is 5.41 Å². The maximum atomic E-state index is 12.0. The summed E-state index contributed by atoms with van der Waals surface area (Å²) in [6.45, 7) is 8.06. The summed E-state index contributed by atoms with van der Waals surface area (Å²) in [5, 5.41) is 0. The Morgan fingerprint density at radius 3 is 3.00 bits per heavy atom. The van der Waals surface area contributed by atoms with Crippen molar-refractivity contribution in [2.45, 2.75) is 39.5 Å². The molecule has 13 heavy (non-hydrogen) atoms. The van der Waals surface area contributed by atoms with E-state index in [0.29, 0.717) is 11.7 Å². The molecule has 0 aromatic carbocycles. The Labute approximate surface area is 80.2 Å². The third kappa shape index (κ3) is 1.45. The van der Waals surface area contributed by atoms with Crippen LogP contribution in [0.3, 0.4) is 0 Å². The fourth-order valence-corrected chi connectivity index (χ4v) is 2.80. The standard InChI is InChI=1S/C12H18O/c1-8(2)7-12(3)5-4-9-6-10(9)11(12)13/h9-10H,1,4-7H2,2-3H3/t9-,10+,12-/m1/s1. The van der Waals surface area contributed by atoms with Crippen molar-refractivity contribution in [3.05, 3.63) is 12.2 Å². The smallest absolute Gasteiger partial charge is 0.142 e. The van der Waals surface area contributed by atoms with Crippen molar-refractivity contribution < 1.29 is 4.79 Å². The van der Waals surface area contributed by atoms with E-state index in [4.69, 9.17) is 0 Å². The Morgan fingerprint density at radius 2 is 2.38 bits per heavy atom. The maximum absolute atomic E-state index is 12.0. The number of Topliss-reactive ketones (excluding diaryl/α,β-unsaturated/α-hetero) is 1. The number of rotatable bonds is 2. The summed E-state index contributed by atoms with van der Waals surface area (Å²) in [6.07, 6.45) is 4.42. The van der Waals surface area contributed by atoms with E-state index in [1.807, 2.05) is 6.92 Å². The molecular formula is C12H18O. The van der Waals surface area contributed by atoms with Crippen molar-refractivity contribution in [3.8, 4) is 0 Å². The van der Waals surface area contributed by atoms with Crippen LogP contribution in [0.2, 0.25) is 0 Å². The Kier molecular flexibility index (Phi) is 1.86. The molecule has 2 fully saturated rings. The largest absolute Gasteiger partial charge is 0.299 e. The molecule has 2 aliphatic carbocycles. The Hall–Kier alpha value is -0.590. The highest BCUT2D eigenvalue weighted by atomic mass is 16.1. The van der Waals surface area contributed by atoms with Crippen LogP contribution in [0.5, 0.6) is 0 Å². The molecule has 1 heteroatoms. The van der Waals surface area contributed by atoms with Gasteiger partial charge in [-0.15, -0.1) is 6.58 Å². The SMILES string of the molecule is C=C(C)C[C@@]1(C)CC[C@@H]2C[C@@H]2C1=O. The van der Waals surface area contributed by atoms with E-state index in [0.717, 1.165) is 24.3 Å². The average Bonchev–Trinajstić information content (AvgIpc) is 2.75. The molecule has 0 aromatic heterocycles. The molecule has 2 rings (SSSR count). The molecule has 0 aromatic rings. The molecule has 0 heterocycles. The van der Waals surface area contributed by atoms with Crippen LogP contribution in [0.15, 0.2) is 12.2 Å². The van der Waals surface area contributed by atoms with E-state index in [9.17, 15) is 4.79 Å². The normalized spacial score (nSPS) is 42.8. The second-order valence-corrected chi connectivity index (χ2v) is 5.20. The van der Waals surface area contributed by atoms with Crippen LogP contribution in [0, 0.1) is 17.3 Å². The first-order chi connectivity index (χ1) is 6.03. The molecule has 3 atom stereocenters.